The van der Waals surface area contributed by atoms with Crippen LogP contribution in [0.1, 0.15) is 0 Å². The van der Waals surface area contributed by atoms with Gasteiger partial charge in [-0.1, -0.05) is 194 Å². The first kappa shape index (κ1) is 36.0. The first-order chi connectivity index (χ1) is 31.7. The number of rotatable bonds is 6. The molecule has 0 aliphatic heterocycles. The Balaban J connectivity index is 1.08. The Morgan fingerprint density at radius 2 is 0.828 bits per heavy atom. The minimum absolute atomic E-state index is 0.544. The predicted octanol–water partition coefficient (Wildman–Crippen LogP) is 15.5. The van der Waals surface area contributed by atoms with Gasteiger partial charge in [0.2, 0.25) is 5.95 Å². The van der Waals surface area contributed by atoms with Crippen LogP contribution in [0.4, 0.5) is 0 Å². The average molecular weight is 817 g/mol. The number of aromatic nitrogens is 4. The molecule has 3 aromatic heterocycles. The molecule has 0 amide bonds. The molecule has 0 saturated carbocycles. The summed E-state index contributed by atoms with van der Waals surface area (Å²) in [5, 5.41) is 9.18. The molecule has 5 heteroatoms. The molecule has 64 heavy (non-hydrogen) atoms. The molecule has 0 fully saturated rings. The normalized spacial score (nSPS) is 11.8. The maximum Gasteiger partial charge on any atom is 0.238 e. The number of furan rings is 1. The van der Waals surface area contributed by atoms with E-state index in [-0.39, 0.29) is 0 Å². The van der Waals surface area contributed by atoms with E-state index in [0.717, 1.165) is 88.3 Å². The van der Waals surface area contributed by atoms with Crippen LogP contribution < -0.4 is 0 Å². The van der Waals surface area contributed by atoms with Gasteiger partial charge in [0.25, 0.3) is 0 Å². The minimum atomic E-state index is 0.544. The zero-order valence-corrected chi connectivity index (χ0v) is 34.5. The van der Waals surface area contributed by atoms with Crippen molar-refractivity contribution in [3.63, 3.8) is 0 Å². The monoisotopic (exact) mass is 816 g/mol. The smallest absolute Gasteiger partial charge is 0.238 e. The van der Waals surface area contributed by atoms with E-state index in [1.165, 1.54) is 21.5 Å². The predicted molar refractivity (Wildman–Crippen MR) is 264 cm³/mol. The lowest BCUT2D eigenvalue weighted by Gasteiger charge is -2.13. The fourth-order valence-electron chi connectivity index (χ4n) is 9.60. The van der Waals surface area contributed by atoms with Crippen LogP contribution >= 0.6 is 0 Å². The Labute approximate surface area is 368 Å². The van der Waals surface area contributed by atoms with E-state index in [1.807, 2.05) is 12.1 Å². The number of benzene rings is 10. The number of nitrogens with zero attached hydrogens (tertiary/aromatic N) is 4. The molecule has 5 nitrogen and oxygen atoms in total. The summed E-state index contributed by atoms with van der Waals surface area (Å²) in [6.45, 7) is 0. The van der Waals surface area contributed by atoms with Gasteiger partial charge in [0.05, 0.1) is 11.0 Å². The zero-order chi connectivity index (χ0) is 42.1. The highest BCUT2D eigenvalue weighted by Crippen LogP contribution is 2.43. The molecule has 0 atom stereocenters. The number of hydrogen-bond acceptors (Lipinski definition) is 4. The lowest BCUT2D eigenvalue weighted by molar-refractivity contribution is 0.669. The third kappa shape index (κ3) is 5.83. The summed E-state index contributed by atoms with van der Waals surface area (Å²) in [6, 6.07) is 76.9. The fourth-order valence-corrected chi connectivity index (χ4v) is 9.60. The first-order valence-corrected chi connectivity index (χ1v) is 21.6. The molecule has 0 radical (unpaired) electrons. The van der Waals surface area contributed by atoms with Gasteiger partial charge in [-0.3, -0.25) is 4.57 Å². The van der Waals surface area contributed by atoms with Crippen molar-refractivity contribution in [1.29, 1.82) is 0 Å². The van der Waals surface area contributed by atoms with Crippen molar-refractivity contribution >= 4 is 65.3 Å². The van der Waals surface area contributed by atoms with Crippen LogP contribution in [0, 0.1) is 0 Å². The van der Waals surface area contributed by atoms with Gasteiger partial charge in [0.15, 0.2) is 11.6 Å². The molecule has 0 saturated heterocycles. The second-order valence-corrected chi connectivity index (χ2v) is 16.4. The van der Waals surface area contributed by atoms with E-state index in [1.54, 1.807) is 0 Å². The second-order valence-electron chi connectivity index (χ2n) is 16.4. The van der Waals surface area contributed by atoms with Crippen LogP contribution in [0.3, 0.4) is 0 Å². The van der Waals surface area contributed by atoms with E-state index >= 15 is 0 Å². The highest BCUT2D eigenvalue weighted by atomic mass is 16.3. The first-order valence-electron chi connectivity index (χ1n) is 21.6. The molecule has 3 heterocycles. The van der Waals surface area contributed by atoms with Gasteiger partial charge in [-0.2, -0.15) is 9.97 Å². The van der Waals surface area contributed by atoms with Crippen LogP contribution in [-0.2, 0) is 0 Å². The topological polar surface area (TPSA) is 56.7 Å². The van der Waals surface area contributed by atoms with Crippen molar-refractivity contribution < 1.29 is 4.42 Å². The third-order valence-corrected chi connectivity index (χ3v) is 12.7. The van der Waals surface area contributed by atoms with Gasteiger partial charge >= 0.3 is 0 Å². The third-order valence-electron chi connectivity index (χ3n) is 12.7. The largest absolute Gasteiger partial charge is 0.456 e. The summed E-state index contributed by atoms with van der Waals surface area (Å²) in [6.07, 6.45) is 0. The van der Waals surface area contributed by atoms with Gasteiger partial charge in [-0.05, 0) is 73.6 Å². The van der Waals surface area contributed by atoms with Crippen LogP contribution in [0.15, 0.2) is 223 Å². The molecule has 0 bridgehead atoms. The SMILES string of the molecule is c1ccc(-c2ccc(-c3nc(-c4ccc(-c5ccccc5)cc4)nc(-n4c5ccc6ccccc6c5c5cccc(-c6ccc7oc8ccc9ccccc9c8c7c6)c54)n3)cc2)cc1. The van der Waals surface area contributed by atoms with Gasteiger partial charge in [-0.25, -0.2) is 4.98 Å². The average Bonchev–Trinajstić information content (AvgIpc) is 3.93. The maximum atomic E-state index is 6.47. The van der Waals surface area contributed by atoms with Crippen molar-refractivity contribution in [3.05, 3.63) is 218 Å². The lowest BCUT2D eigenvalue weighted by Crippen LogP contribution is -2.07. The van der Waals surface area contributed by atoms with Crippen LogP contribution in [0.25, 0.3) is 127 Å². The highest BCUT2D eigenvalue weighted by Gasteiger charge is 2.23. The molecule has 10 aromatic carbocycles. The van der Waals surface area contributed by atoms with Gasteiger partial charge < -0.3 is 4.42 Å². The maximum absolute atomic E-state index is 6.47. The summed E-state index contributed by atoms with van der Waals surface area (Å²) in [7, 11) is 0. The number of hydrogen-bond donors (Lipinski definition) is 0. The zero-order valence-electron chi connectivity index (χ0n) is 34.5. The van der Waals surface area contributed by atoms with E-state index in [2.05, 4.69) is 211 Å². The number of fused-ring (bicyclic) bond motifs is 10. The van der Waals surface area contributed by atoms with Gasteiger partial charge in [-0.15, -0.1) is 0 Å². The quantitative estimate of drug-likeness (QED) is 0.168. The fraction of sp³-hybridized carbons (Fsp3) is 0. The summed E-state index contributed by atoms with van der Waals surface area (Å²) in [5.41, 5.74) is 12.3. The Morgan fingerprint density at radius 3 is 1.47 bits per heavy atom. The Morgan fingerprint density at radius 1 is 0.328 bits per heavy atom. The molecule has 0 spiro atoms. The van der Waals surface area contributed by atoms with E-state index < -0.39 is 0 Å². The summed E-state index contributed by atoms with van der Waals surface area (Å²) >= 11 is 0. The summed E-state index contributed by atoms with van der Waals surface area (Å²) < 4.78 is 8.73. The minimum Gasteiger partial charge on any atom is -0.456 e. The molecular weight excluding hydrogens is 781 g/mol. The standard InChI is InChI=1S/C59H36N4O/c1-3-12-37(13-4-1)39-22-26-43(27-23-39)57-60-58(44-28-24-40(25-29-44)38-14-5-2-6-15-38)62-59(61-57)63-51-33-30-41-16-7-9-18-46(41)54(51)49-21-11-20-48(56(49)63)45-32-34-52-50(36-45)55-47-19-10-8-17-42(47)31-35-53(55)64-52/h1-36H. The van der Waals surface area contributed by atoms with Crippen molar-refractivity contribution in [2.45, 2.75) is 0 Å². The Bertz CT molecular complexity index is 3830. The van der Waals surface area contributed by atoms with Gasteiger partial charge in [0, 0.05) is 38.2 Å². The molecule has 13 rings (SSSR count). The summed E-state index contributed by atoms with van der Waals surface area (Å²) in [4.78, 5) is 16.0. The van der Waals surface area contributed by atoms with E-state index in [0.29, 0.717) is 17.6 Å². The van der Waals surface area contributed by atoms with Crippen molar-refractivity contribution in [2.24, 2.45) is 0 Å². The van der Waals surface area contributed by atoms with Crippen LogP contribution in [-0.4, -0.2) is 19.5 Å². The Kier molecular flexibility index (Phi) is 8.15. The van der Waals surface area contributed by atoms with E-state index in [4.69, 9.17) is 19.4 Å². The molecule has 0 N–H and O–H groups in total. The van der Waals surface area contributed by atoms with E-state index in [9.17, 15) is 0 Å². The molecule has 298 valence electrons. The Hall–Kier alpha value is -8.67. The summed E-state index contributed by atoms with van der Waals surface area (Å²) in [5.74, 6) is 1.74. The highest BCUT2D eigenvalue weighted by molar-refractivity contribution is 6.24. The van der Waals surface area contributed by atoms with Crippen molar-refractivity contribution in [2.75, 3.05) is 0 Å². The van der Waals surface area contributed by atoms with Gasteiger partial charge in [0.1, 0.15) is 11.2 Å². The number of para-hydroxylation sites is 1. The molecule has 13 aromatic rings. The van der Waals surface area contributed by atoms with Crippen LogP contribution in [0.5, 0.6) is 0 Å². The lowest BCUT2D eigenvalue weighted by atomic mass is 9.97. The molecule has 0 aliphatic rings. The molecular formula is C59H36N4O. The molecule has 0 aliphatic carbocycles. The van der Waals surface area contributed by atoms with Crippen molar-refractivity contribution in [1.82, 2.24) is 19.5 Å². The van der Waals surface area contributed by atoms with Crippen molar-refractivity contribution in [3.8, 4) is 62.1 Å². The van der Waals surface area contributed by atoms with Crippen LogP contribution in [0.2, 0.25) is 0 Å². The second kappa shape index (κ2) is 14.5. The molecule has 0 unspecified atom stereocenters.